The maximum Gasteiger partial charge on any atom is 0.251 e. The zero-order chi connectivity index (χ0) is 18.5. The predicted molar refractivity (Wildman–Crippen MR) is 108 cm³/mol. The Labute approximate surface area is 161 Å². The molecule has 0 aliphatic rings. The van der Waals surface area contributed by atoms with Crippen molar-refractivity contribution in [2.24, 2.45) is 0 Å². The quantitative estimate of drug-likeness (QED) is 0.527. The molecule has 134 valence electrons. The summed E-state index contributed by atoms with van der Waals surface area (Å²) in [7, 11) is 0. The Hall–Kier alpha value is -3.18. The SMILES string of the molecule is O=C(NCc1ccc(OCc2ccccc2)cc1)c1ccc2ncsc2c1. The predicted octanol–water partition coefficient (Wildman–Crippen LogP) is 4.81. The Morgan fingerprint density at radius 1 is 0.963 bits per heavy atom. The van der Waals surface area contributed by atoms with Gasteiger partial charge in [0.1, 0.15) is 12.4 Å². The molecular weight excluding hydrogens is 356 g/mol. The lowest BCUT2D eigenvalue weighted by Crippen LogP contribution is -2.22. The molecule has 0 bridgehead atoms. The molecule has 0 aliphatic carbocycles. The molecule has 1 aromatic heterocycles. The van der Waals surface area contributed by atoms with E-state index in [9.17, 15) is 4.79 Å². The van der Waals surface area contributed by atoms with E-state index in [1.165, 1.54) is 11.3 Å². The molecule has 5 heteroatoms. The molecule has 0 fully saturated rings. The molecule has 1 heterocycles. The van der Waals surface area contributed by atoms with E-state index in [2.05, 4.69) is 10.3 Å². The molecule has 1 N–H and O–H groups in total. The van der Waals surface area contributed by atoms with Crippen LogP contribution in [0.3, 0.4) is 0 Å². The highest BCUT2D eigenvalue weighted by molar-refractivity contribution is 7.16. The van der Waals surface area contributed by atoms with Crippen LogP contribution in [-0.4, -0.2) is 10.9 Å². The van der Waals surface area contributed by atoms with Crippen LogP contribution in [-0.2, 0) is 13.2 Å². The number of nitrogens with one attached hydrogen (secondary N) is 1. The van der Waals surface area contributed by atoms with Crippen LogP contribution in [0.1, 0.15) is 21.5 Å². The van der Waals surface area contributed by atoms with Crippen molar-refractivity contribution < 1.29 is 9.53 Å². The normalized spacial score (nSPS) is 10.7. The number of ether oxygens (including phenoxy) is 1. The first-order valence-corrected chi connectivity index (χ1v) is 9.53. The third-order valence-electron chi connectivity index (χ3n) is 4.22. The second kappa shape index (κ2) is 8.01. The minimum atomic E-state index is -0.0882. The molecule has 0 radical (unpaired) electrons. The third kappa shape index (κ3) is 4.33. The van der Waals surface area contributed by atoms with Crippen molar-refractivity contribution >= 4 is 27.5 Å². The lowest BCUT2D eigenvalue weighted by molar-refractivity contribution is 0.0951. The maximum absolute atomic E-state index is 12.4. The topological polar surface area (TPSA) is 51.2 Å². The van der Waals surface area contributed by atoms with Gasteiger partial charge in [-0.05, 0) is 41.5 Å². The number of nitrogens with zero attached hydrogens (tertiary/aromatic N) is 1. The Balaban J connectivity index is 1.32. The van der Waals surface area contributed by atoms with Gasteiger partial charge in [-0.25, -0.2) is 4.98 Å². The zero-order valence-corrected chi connectivity index (χ0v) is 15.4. The van der Waals surface area contributed by atoms with Crippen molar-refractivity contribution in [3.8, 4) is 5.75 Å². The van der Waals surface area contributed by atoms with Gasteiger partial charge in [-0.15, -0.1) is 11.3 Å². The highest BCUT2D eigenvalue weighted by Gasteiger charge is 2.07. The van der Waals surface area contributed by atoms with Crippen LogP contribution in [0.15, 0.2) is 78.3 Å². The number of aromatic nitrogens is 1. The van der Waals surface area contributed by atoms with Gasteiger partial charge in [0, 0.05) is 12.1 Å². The molecule has 1 amide bonds. The number of thiazole rings is 1. The largest absolute Gasteiger partial charge is 0.489 e. The van der Waals surface area contributed by atoms with E-state index in [-0.39, 0.29) is 5.91 Å². The number of hydrogen-bond acceptors (Lipinski definition) is 4. The fourth-order valence-electron chi connectivity index (χ4n) is 2.73. The Kier molecular flexibility index (Phi) is 5.12. The number of hydrogen-bond donors (Lipinski definition) is 1. The van der Waals surface area contributed by atoms with Crippen LogP contribution in [0.5, 0.6) is 5.75 Å². The van der Waals surface area contributed by atoms with E-state index in [0.29, 0.717) is 18.7 Å². The minimum Gasteiger partial charge on any atom is -0.489 e. The summed E-state index contributed by atoms with van der Waals surface area (Å²) < 4.78 is 6.80. The lowest BCUT2D eigenvalue weighted by Gasteiger charge is -2.08. The van der Waals surface area contributed by atoms with Crippen LogP contribution < -0.4 is 10.1 Å². The lowest BCUT2D eigenvalue weighted by atomic mass is 10.2. The van der Waals surface area contributed by atoms with E-state index >= 15 is 0 Å². The van der Waals surface area contributed by atoms with E-state index in [1.807, 2.05) is 66.7 Å². The van der Waals surface area contributed by atoms with Crippen LogP contribution >= 0.6 is 11.3 Å². The first-order valence-electron chi connectivity index (χ1n) is 8.65. The van der Waals surface area contributed by atoms with Crippen molar-refractivity contribution in [1.29, 1.82) is 0 Å². The summed E-state index contributed by atoms with van der Waals surface area (Å²) in [6.07, 6.45) is 0. The monoisotopic (exact) mass is 374 g/mol. The molecule has 27 heavy (non-hydrogen) atoms. The highest BCUT2D eigenvalue weighted by atomic mass is 32.1. The highest BCUT2D eigenvalue weighted by Crippen LogP contribution is 2.19. The molecule has 4 nitrogen and oxygen atoms in total. The van der Waals surface area contributed by atoms with E-state index in [4.69, 9.17) is 4.74 Å². The van der Waals surface area contributed by atoms with Crippen LogP contribution in [0.4, 0.5) is 0 Å². The number of benzene rings is 3. The minimum absolute atomic E-state index is 0.0882. The second-order valence-corrected chi connectivity index (χ2v) is 7.02. The van der Waals surface area contributed by atoms with E-state index in [1.54, 1.807) is 11.6 Å². The second-order valence-electron chi connectivity index (χ2n) is 6.14. The van der Waals surface area contributed by atoms with Gasteiger partial charge >= 0.3 is 0 Å². The molecule has 0 unspecified atom stereocenters. The van der Waals surface area contributed by atoms with Crippen molar-refractivity contribution in [2.45, 2.75) is 13.2 Å². The standard InChI is InChI=1S/C22H18N2O2S/c25-22(18-8-11-20-21(12-18)27-15-24-20)23-13-16-6-9-19(10-7-16)26-14-17-4-2-1-3-5-17/h1-12,15H,13-14H2,(H,23,25). The summed E-state index contributed by atoms with van der Waals surface area (Å²) in [6, 6.07) is 23.4. The van der Waals surface area contributed by atoms with Gasteiger partial charge in [0.05, 0.1) is 15.7 Å². The molecule has 0 atom stereocenters. The van der Waals surface area contributed by atoms with Gasteiger partial charge in [0.25, 0.3) is 5.91 Å². The molecule has 4 aromatic rings. The fourth-order valence-corrected chi connectivity index (χ4v) is 3.44. The number of amides is 1. The van der Waals surface area contributed by atoms with Crippen LogP contribution in [0, 0.1) is 0 Å². The number of rotatable bonds is 6. The van der Waals surface area contributed by atoms with Gasteiger partial charge in [-0.2, -0.15) is 0 Å². The van der Waals surface area contributed by atoms with E-state index < -0.39 is 0 Å². The van der Waals surface area contributed by atoms with Gasteiger partial charge in [-0.1, -0.05) is 42.5 Å². The maximum atomic E-state index is 12.4. The molecule has 4 rings (SSSR count). The van der Waals surface area contributed by atoms with Gasteiger partial charge < -0.3 is 10.1 Å². The van der Waals surface area contributed by atoms with Crippen molar-refractivity contribution in [3.05, 3.63) is 95.0 Å². The van der Waals surface area contributed by atoms with Crippen LogP contribution in [0.25, 0.3) is 10.2 Å². The summed E-state index contributed by atoms with van der Waals surface area (Å²) in [4.78, 5) is 16.6. The smallest absolute Gasteiger partial charge is 0.251 e. The van der Waals surface area contributed by atoms with Crippen molar-refractivity contribution in [2.75, 3.05) is 0 Å². The summed E-state index contributed by atoms with van der Waals surface area (Å²) in [5.74, 6) is 0.722. The van der Waals surface area contributed by atoms with Crippen molar-refractivity contribution in [1.82, 2.24) is 10.3 Å². The van der Waals surface area contributed by atoms with Crippen LogP contribution in [0.2, 0.25) is 0 Å². The Morgan fingerprint density at radius 3 is 2.59 bits per heavy atom. The number of fused-ring (bicyclic) bond motifs is 1. The molecule has 0 saturated heterocycles. The zero-order valence-electron chi connectivity index (χ0n) is 14.6. The summed E-state index contributed by atoms with van der Waals surface area (Å²) in [6.45, 7) is 1.01. The summed E-state index contributed by atoms with van der Waals surface area (Å²) >= 11 is 1.53. The molecular formula is C22H18N2O2S. The summed E-state index contributed by atoms with van der Waals surface area (Å²) in [5.41, 5.74) is 5.51. The average molecular weight is 374 g/mol. The summed E-state index contributed by atoms with van der Waals surface area (Å²) in [5, 5.41) is 2.95. The van der Waals surface area contributed by atoms with Gasteiger partial charge in [0.2, 0.25) is 0 Å². The molecule has 0 spiro atoms. The molecule has 0 saturated carbocycles. The Morgan fingerprint density at radius 2 is 1.78 bits per heavy atom. The molecule has 3 aromatic carbocycles. The fraction of sp³-hybridized carbons (Fsp3) is 0.0909. The van der Waals surface area contributed by atoms with Gasteiger partial charge in [0.15, 0.2) is 0 Å². The first kappa shape index (κ1) is 17.2. The van der Waals surface area contributed by atoms with E-state index in [0.717, 1.165) is 27.1 Å². The Bertz CT molecular complexity index is 1040. The first-order chi connectivity index (χ1) is 13.3. The third-order valence-corrected chi connectivity index (χ3v) is 5.01. The van der Waals surface area contributed by atoms with Gasteiger partial charge in [-0.3, -0.25) is 4.79 Å². The molecule has 0 aliphatic heterocycles. The number of carbonyl (C=O) groups is 1. The average Bonchev–Trinajstić information content (AvgIpc) is 3.20. The van der Waals surface area contributed by atoms with Crippen molar-refractivity contribution in [3.63, 3.8) is 0 Å². The number of carbonyl (C=O) groups excluding carboxylic acids is 1.